The van der Waals surface area contributed by atoms with Gasteiger partial charge in [-0.15, -0.1) is 0 Å². The first-order valence-electron chi connectivity index (χ1n) is 8.54. The average molecular weight is 341 g/mol. The number of benzene rings is 1. The van der Waals surface area contributed by atoms with Crippen LogP contribution in [0.1, 0.15) is 48.4 Å². The SMILES string of the molecule is CCNC(=O)N1CCc2ccc(NC(=O)c3cc(C(C)C)[nH]n3)cc21. The Balaban J connectivity index is 1.76. The van der Waals surface area contributed by atoms with E-state index in [9.17, 15) is 9.59 Å². The molecule has 3 amide bonds. The Morgan fingerprint density at radius 2 is 2.12 bits per heavy atom. The van der Waals surface area contributed by atoms with Gasteiger partial charge in [-0.25, -0.2) is 4.79 Å². The summed E-state index contributed by atoms with van der Waals surface area (Å²) >= 11 is 0. The minimum absolute atomic E-state index is 0.112. The Kier molecular flexibility index (Phi) is 4.74. The van der Waals surface area contributed by atoms with Crippen LogP contribution in [0.5, 0.6) is 0 Å². The van der Waals surface area contributed by atoms with Crippen molar-refractivity contribution >= 4 is 23.3 Å². The summed E-state index contributed by atoms with van der Waals surface area (Å²) in [6, 6.07) is 7.29. The van der Waals surface area contributed by atoms with Gasteiger partial charge >= 0.3 is 6.03 Å². The van der Waals surface area contributed by atoms with Gasteiger partial charge in [0.2, 0.25) is 0 Å². The molecule has 0 unspecified atom stereocenters. The maximum atomic E-state index is 12.4. The number of nitrogens with zero attached hydrogens (tertiary/aromatic N) is 2. The van der Waals surface area contributed by atoms with E-state index in [2.05, 4.69) is 20.8 Å². The highest BCUT2D eigenvalue weighted by atomic mass is 16.2. The van der Waals surface area contributed by atoms with Gasteiger partial charge in [0.05, 0.1) is 5.69 Å². The van der Waals surface area contributed by atoms with Gasteiger partial charge < -0.3 is 10.6 Å². The number of anilines is 2. The summed E-state index contributed by atoms with van der Waals surface area (Å²) in [6.45, 7) is 7.19. The van der Waals surface area contributed by atoms with Crippen LogP contribution >= 0.6 is 0 Å². The lowest BCUT2D eigenvalue weighted by Gasteiger charge is -2.18. The highest BCUT2D eigenvalue weighted by Gasteiger charge is 2.25. The molecule has 3 rings (SSSR count). The van der Waals surface area contributed by atoms with Crippen LogP contribution in [0.15, 0.2) is 24.3 Å². The maximum absolute atomic E-state index is 12.4. The molecule has 2 heterocycles. The van der Waals surface area contributed by atoms with Crippen molar-refractivity contribution in [2.75, 3.05) is 23.3 Å². The zero-order valence-corrected chi connectivity index (χ0v) is 14.7. The first kappa shape index (κ1) is 17.0. The van der Waals surface area contributed by atoms with Crippen molar-refractivity contribution in [3.63, 3.8) is 0 Å². The molecule has 0 atom stereocenters. The van der Waals surface area contributed by atoms with Crippen molar-refractivity contribution < 1.29 is 9.59 Å². The molecule has 1 aliphatic rings. The van der Waals surface area contributed by atoms with Crippen LogP contribution in [0.3, 0.4) is 0 Å². The fraction of sp³-hybridized carbons (Fsp3) is 0.389. The van der Waals surface area contributed by atoms with E-state index in [1.165, 1.54) is 0 Å². The van der Waals surface area contributed by atoms with Crippen molar-refractivity contribution in [1.29, 1.82) is 0 Å². The van der Waals surface area contributed by atoms with E-state index >= 15 is 0 Å². The minimum Gasteiger partial charge on any atom is -0.338 e. The quantitative estimate of drug-likeness (QED) is 0.799. The molecule has 7 heteroatoms. The largest absolute Gasteiger partial charge is 0.338 e. The van der Waals surface area contributed by atoms with Crippen LogP contribution in [0.2, 0.25) is 0 Å². The molecule has 1 aliphatic heterocycles. The van der Waals surface area contributed by atoms with Gasteiger partial charge in [0, 0.05) is 24.5 Å². The second-order valence-electron chi connectivity index (χ2n) is 6.40. The first-order valence-corrected chi connectivity index (χ1v) is 8.54. The number of carbonyl (C=O) groups is 2. The second kappa shape index (κ2) is 6.96. The molecule has 7 nitrogen and oxygen atoms in total. The number of urea groups is 1. The number of aromatic nitrogens is 2. The summed E-state index contributed by atoms with van der Waals surface area (Å²) in [5.74, 6) is 0.00494. The van der Waals surface area contributed by atoms with Gasteiger partial charge in [0.25, 0.3) is 5.91 Å². The predicted molar refractivity (Wildman–Crippen MR) is 97.2 cm³/mol. The third-order valence-corrected chi connectivity index (χ3v) is 4.26. The lowest BCUT2D eigenvalue weighted by Crippen LogP contribution is -2.38. The predicted octanol–water partition coefficient (Wildman–Crippen LogP) is 2.88. The molecule has 0 aliphatic carbocycles. The molecule has 0 fully saturated rings. The lowest BCUT2D eigenvalue weighted by atomic mass is 10.1. The molecule has 3 N–H and O–H groups in total. The molecule has 1 aromatic heterocycles. The summed E-state index contributed by atoms with van der Waals surface area (Å²) in [6.07, 6.45) is 0.817. The normalized spacial score (nSPS) is 13.0. The summed E-state index contributed by atoms with van der Waals surface area (Å²) in [7, 11) is 0. The van der Waals surface area contributed by atoms with Gasteiger partial charge in [0.1, 0.15) is 0 Å². The minimum atomic E-state index is -0.273. The highest BCUT2D eigenvalue weighted by molar-refractivity contribution is 6.03. The number of H-pyrrole nitrogens is 1. The van der Waals surface area contributed by atoms with E-state index in [1.807, 2.05) is 39.0 Å². The molecular weight excluding hydrogens is 318 g/mol. The number of fused-ring (bicyclic) bond motifs is 1. The third-order valence-electron chi connectivity index (χ3n) is 4.26. The fourth-order valence-electron chi connectivity index (χ4n) is 2.86. The summed E-state index contributed by atoms with van der Waals surface area (Å²) in [4.78, 5) is 26.2. The Hall–Kier alpha value is -2.83. The van der Waals surface area contributed by atoms with Gasteiger partial charge in [-0.1, -0.05) is 19.9 Å². The Bertz CT molecular complexity index is 797. The van der Waals surface area contributed by atoms with E-state index in [-0.39, 0.29) is 17.9 Å². The summed E-state index contributed by atoms with van der Waals surface area (Å²) in [5, 5.41) is 12.6. The van der Waals surface area contributed by atoms with E-state index in [0.717, 1.165) is 23.4 Å². The molecular formula is C18H23N5O2. The summed E-state index contributed by atoms with van der Waals surface area (Å²) < 4.78 is 0. The van der Waals surface area contributed by atoms with Crippen molar-refractivity contribution in [3.8, 4) is 0 Å². The van der Waals surface area contributed by atoms with Gasteiger partial charge in [-0.05, 0) is 43.0 Å². The Morgan fingerprint density at radius 3 is 2.80 bits per heavy atom. The Morgan fingerprint density at radius 1 is 1.32 bits per heavy atom. The monoisotopic (exact) mass is 341 g/mol. The molecule has 0 saturated carbocycles. The molecule has 0 bridgehead atoms. The van der Waals surface area contributed by atoms with Crippen molar-refractivity contribution in [1.82, 2.24) is 15.5 Å². The van der Waals surface area contributed by atoms with Gasteiger partial charge in [-0.2, -0.15) is 5.10 Å². The molecule has 132 valence electrons. The van der Waals surface area contributed by atoms with Crippen LogP contribution < -0.4 is 15.5 Å². The lowest BCUT2D eigenvalue weighted by molar-refractivity contribution is 0.102. The van der Waals surface area contributed by atoms with Crippen LogP contribution in [0.25, 0.3) is 0 Å². The standard InChI is InChI=1S/C18H23N5O2/c1-4-19-18(25)23-8-7-12-5-6-13(9-16(12)23)20-17(24)15-10-14(11(2)3)21-22-15/h5-6,9-11H,4,7-8H2,1-3H3,(H,19,25)(H,20,24)(H,21,22). The van der Waals surface area contributed by atoms with Gasteiger partial charge in [-0.3, -0.25) is 14.8 Å². The van der Waals surface area contributed by atoms with Crippen LogP contribution in [0.4, 0.5) is 16.2 Å². The molecule has 0 saturated heterocycles. The van der Waals surface area contributed by atoms with Crippen molar-refractivity contribution in [2.45, 2.75) is 33.1 Å². The number of amides is 3. The smallest absolute Gasteiger partial charge is 0.321 e. The molecule has 0 radical (unpaired) electrons. The summed E-state index contributed by atoms with van der Waals surface area (Å²) in [5.41, 5.74) is 3.86. The number of aromatic amines is 1. The maximum Gasteiger partial charge on any atom is 0.321 e. The van der Waals surface area contributed by atoms with Crippen LogP contribution in [0, 0.1) is 0 Å². The molecule has 2 aromatic rings. The van der Waals surface area contributed by atoms with Crippen LogP contribution in [-0.2, 0) is 6.42 Å². The van der Waals surface area contributed by atoms with E-state index in [1.54, 1.807) is 11.0 Å². The molecule has 25 heavy (non-hydrogen) atoms. The van der Waals surface area contributed by atoms with Crippen molar-refractivity contribution in [3.05, 3.63) is 41.2 Å². The number of nitrogens with one attached hydrogen (secondary N) is 3. The average Bonchev–Trinajstić information content (AvgIpc) is 3.22. The topological polar surface area (TPSA) is 90.1 Å². The van der Waals surface area contributed by atoms with Crippen LogP contribution in [-0.4, -0.2) is 35.2 Å². The van der Waals surface area contributed by atoms with E-state index in [4.69, 9.17) is 0 Å². The fourth-order valence-corrected chi connectivity index (χ4v) is 2.86. The first-order chi connectivity index (χ1) is 12.0. The molecule has 1 aromatic carbocycles. The zero-order chi connectivity index (χ0) is 18.0. The number of rotatable bonds is 4. The number of carbonyl (C=O) groups excluding carboxylic acids is 2. The zero-order valence-electron chi connectivity index (χ0n) is 14.7. The second-order valence-corrected chi connectivity index (χ2v) is 6.40. The third kappa shape index (κ3) is 3.50. The molecule has 0 spiro atoms. The van der Waals surface area contributed by atoms with E-state index in [0.29, 0.717) is 24.5 Å². The van der Waals surface area contributed by atoms with E-state index < -0.39 is 0 Å². The number of hydrogen-bond acceptors (Lipinski definition) is 3. The van der Waals surface area contributed by atoms with Gasteiger partial charge in [0.15, 0.2) is 5.69 Å². The number of hydrogen-bond donors (Lipinski definition) is 3. The Labute approximate surface area is 146 Å². The van der Waals surface area contributed by atoms with Crippen molar-refractivity contribution in [2.24, 2.45) is 0 Å². The highest BCUT2D eigenvalue weighted by Crippen LogP contribution is 2.31.